The molecule has 8 heteroatoms. The van der Waals surface area contributed by atoms with Crippen LogP contribution in [-0.2, 0) is 9.59 Å². The van der Waals surface area contributed by atoms with Crippen molar-refractivity contribution in [2.24, 2.45) is 5.73 Å². The maximum atomic E-state index is 13.2. The molecule has 0 fully saturated rings. The Kier molecular flexibility index (Phi) is 8.88. The van der Waals surface area contributed by atoms with Gasteiger partial charge in [0.15, 0.2) is 0 Å². The number of nitrogens with one attached hydrogen (secondary N) is 2. The summed E-state index contributed by atoms with van der Waals surface area (Å²) in [5.41, 5.74) is 6.84. The van der Waals surface area contributed by atoms with Gasteiger partial charge in [-0.25, -0.2) is 0 Å². The number of anilines is 1. The number of hydrogen-bond donors (Lipinski definition) is 3. The molecule has 7 nitrogen and oxygen atoms in total. The molecule has 0 saturated heterocycles. The predicted molar refractivity (Wildman–Crippen MR) is 134 cm³/mol. The number of hydrogen-bond acceptors (Lipinski definition) is 5. The summed E-state index contributed by atoms with van der Waals surface area (Å²) in [6.45, 7) is 2.33. The van der Waals surface area contributed by atoms with Crippen molar-refractivity contribution in [2.75, 3.05) is 17.7 Å². The second kappa shape index (κ2) is 12.3. The van der Waals surface area contributed by atoms with Gasteiger partial charge in [-0.3, -0.25) is 14.4 Å². The van der Waals surface area contributed by atoms with E-state index in [2.05, 4.69) is 10.6 Å². The number of thioether (sulfide) groups is 1. The number of primary amides is 1. The molecule has 0 saturated carbocycles. The number of rotatable bonds is 10. The highest BCUT2D eigenvalue weighted by Crippen LogP contribution is 2.23. The van der Waals surface area contributed by atoms with Crippen LogP contribution >= 0.6 is 11.8 Å². The van der Waals surface area contributed by atoms with E-state index in [1.54, 1.807) is 60.7 Å². The molecule has 0 aliphatic rings. The van der Waals surface area contributed by atoms with Crippen molar-refractivity contribution in [1.29, 1.82) is 0 Å². The molecule has 174 valence electrons. The monoisotopic (exact) mass is 475 g/mol. The van der Waals surface area contributed by atoms with Crippen molar-refractivity contribution < 1.29 is 19.1 Å². The first-order chi connectivity index (χ1) is 16.5. The molecule has 3 rings (SSSR count). The number of nitrogens with two attached hydrogens (primary N) is 1. The summed E-state index contributed by atoms with van der Waals surface area (Å²) in [4.78, 5) is 37.9. The molecule has 34 heavy (non-hydrogen) atoms. The molecule has 0 aliphatic carbocycles. The lowest BCUT2D eigenvalue weighted by molar-refractivity contribution is -0.115. The van der Waals surface area contributed by atoms with Crippen LogP contribution in [-0.4, -0.2) is 30.1 Å². The summed E-state index contributed by atoms with van der Waals surface area (Å²) in [5, 5.41) is 5.52. The van der Waals surface area contributed by atoms with Gasteiger partial charge in [0.05, 0.1) is 12.4 Å². The molecule has 0 aromatic heterocycles. The van der Waals surface area contributed by atoms with Crippen molar-refractivity contribution in [3.8, 4) is 5.75 Å². The van der Waals surface area contributed by atoms with E-state index >= 15 is 0 Å². The molecule has 0 bridgehead atoms. The van der Waals surface area contributed by atoms with E-state index in [0.29, 0.717) is 29.2 Å². The Balaban J connectivity index is 1.89. The molecule has 0 unspecified atom stereocenters. The molecule has 0 spiro atoms. The second-order valence-electron chi connectivity index (χ2n) is 7.09. The minimum atomic E-state index is -0.507. The third-order valence-corrected chi connectivity index (χ3v) is 5.54. The number of carbonyl (C=O) groups is 3. The summed E-state index contributed by atoms with van der Waals surface area (Å²) in [5.74, 6) is -0.631. The standard InChI is InChI=1S/C26H25N3O4S/c1-2-33-23-14-7-6-11-19(23)15-22(29-25(31)18-9-4-3-5-10-18)26(32)28-20-12-8-13-21(16-20)34-17-24(27)30/h3-16H,2,17H2,1H3,(H2,27,30)(H,28,32)(H,29,31)/b22-15+. The number of benzene rings is 3. The second-order valence-corrected chi connectivity index (χ2v) is 8.13. The average Bonchev–Trinajstić information content (AvgIpc) is 2.84. The van der Waals surface area contributed by atoms with Crippen molar-refractivity contribution in [1.82, 2.24) is 5.32 Å². The van der Waals surface area contributed by atoms with Crippen LogP contribution < -0.4 is 21.1 Å². The topological polar surface area (TPSA) is 111 Å². The Labute approximate surface area is 202 Å². The van der Waals surface area contributed by atoms with E-state index in [1.807, 2.05) is 31.2 Å². The quantitative estimate of drug-likeness (QED) is 0.302. The third kappa shape index (κ3) is 7.25. The predicted octanol–water partition coefficient (Wildman–Crippen LogP) is 4.07. The summed E-state index contributed by atoms with van der Waals surface area (Å²) in [6.07, 6.45) is 1.58. The van der Waals surface area contributed by atoms with E-state index in [1.165, 1.54) is 11.8 Å². The number of amides is 3. The molecular weight excluding hydrogens is 450 g/mol. The Morgan fingerprint density at radius 2 is 1.71 bits per heavy atom. The molecule has 3 aromatic rings. The van der Waals surface area contributed by atoms with Crippen LogP contribution in [0.1, 0.15) is 22.8 Å². The molecule has 0 aliphatic heterocycles. The molecule has 3 amide bonds. The van der Waals surface area contributed by atoms with Gasteiger partial charge in [0, 0.05) is 21.7 Å². The number of para-hydroxylation sites is 1. The lowest BCUT2D eigenvalue weighted by atomic mass is 10.1. The SMILES string of the molecule is CCOc1ccccc1/C=C(/NC(=O)c1ccccc1)C(=O)Nc1cccc(SCC(N)=O)c1. The normalized spacial score (nSPS) is 10.9. The van der Waals surface area contributed by atoms with Gasteiger partial charge in [-0.1, -0.05) is 42.5 Å². The van der Waals surface area contributed by atoms with Crippen LogP contribution in [0, 0.1) is 0 Å². The van der Waals surface area contributed by atoms with Crippen molar-refractivity contribution in [3.05, 3.63) is 95.7 Å². The van der Waals surface area contributed by atoms with E-state index < -0.39 is 17.7 Å². The Hall–Kier alpha value is -4.04. The lowest BCUT2D eigenvalue weighted by Gasteiger charge is -2.13. The molecule has 4 N–H and O–H groups in total. The van der Waals surface area contributed by atoms with Crippen molar-refractivity contribution in [3.63, 3.8) is 0 Å². The average molecular weight is 476 g/mol. The zero-order valence-electron chi connectivity index (χ0n) is 18.6. The zero-order valence-corrected chi connectivity index (χ0v) is 19.4. The third-order valence-electron chi connectivity index (χ3n) is 4.52. The Morgan fingerprint density at radius 3 is 2.44 bits per heavy atom. The van der Waals surface area contributed by atoms with Crippen LogP contribution in [0.5, 0.6) is 5.75 Å². The summed E-state index contributed by atoms with van der Waals surface area (Å²) in [6, 6.07) is 22.9. The minimum absolute atomic E-state index is 0.0520. The Bertz CT molecular complexity index is 1200. The highest BCUT2D eigenvalue weighted by Gasteiger charge is 2.16. The first-order valence-corrected chi connectivity index (χ1v) is 11.6. The zero-order chi connectivity index (χ0) is 24.3. The Morgan fingerprint density at radius 1 is 0.971 bits per heavy atom. The fourth-order valence-corrected chi connectivity index (χ4v) is 3.70. The van der Waals surface area contributed by atoms with Crippen molar-refractivity contribution in [2.45, 2.75) is 11.8 Å². The molecule has 0 heterocycles. The van der Waals surface area contributed by atoms with E-state index in [4.69, 9.17) is 10.5 Å². The van der Waals surface area contributed by atoms with Gasteiger partial charge in [0.2, 0.25) is 5.91 Å². The van der Waals surface area contributed by atoms with Gasteiger partial charge < -0.3 is 21.1 Å². The smallest absolute Gasteiger partial charge is 0.272 e. The molecule has 0 atom stereocenters. The number of carbonyl (C=O) groups excluding carboxylic acids is 3. The summed E-state index contributed by atoms with van der Waals surface area (Å²) in [7, 11) is 0. The van der Waals surface area contributed by atoms with Gasteiger partial charge in [0.1, 0.15) is 11.4 Å². The minimum Gasteiger partial charge on any atom is -0.493 e. The van der Waals surface area contributed by atoms with Crippen LogP contribution in [0.4, 0.5) is 5.69 Å². The van der Waals surface area contributed by atoms with Crippen LogP contribution in [0.15, 0.2) is 89.5 Å². The maximum absolute atomic E-state index is 13.2. The first kappa shape index (κ1) is 24.6. The first-order valence-electron chi connectivity index (χ1n) is 10.6. The molecule has 3 aromatic carbocycles. The summed E-state index contributed by atoms with van der Waals surface area (Å²) >= 11 is 1.27. The highest BCUT2D eigenvalue weighted by atomic mass is 32.2. The fraction of sp³-hybridized carbons (Fsp3) is 0.115. The maximum Gasteiger partial charge on any atom is 0.272 e. The van der Waals surface area contributed by atoms with Gasteiger partial charge in [-0.05, 0) is 49.4 Å². The van der Waals surface area contributed by atoms with Crippen LogP contribution in [0.3, 0.4) is 0 Å². The van der Waals surface area contributed by atoms with E-state index in [-0.39, 0.29) is 11.4 Å². The lowest BCUT2D eigenvalue weighted by Crippen LogP contribution is -2.30. The van der Waals surface area contributed by atoms with Gasteiger partial charge in [-0.15, -0.1) is 11.8 Å². The molecule has 0 radical (unpaired) electrons. The molecular formula is C26H25N3O4S. The van der Waals surface area contributed by atoms with E-state index in [0.717, 1.165) is 4.90 Å². The van der Waals surface area contributed by atoms with Gasteiger partial charge >= 0.3 is 0 Å². The van der Waals surface area contributed by atoms with Crippen LogP contribution in [0.2, 0.25) is 0 Å². The van der Waals surface area contributed by atoms with Crippen LogP contribution in [0.25, 0.3) is 6.08 Å². The number of ether oxygens (including phenoxy) is 1. The highest BCUT2D eigenvalue weighted by molar-refractivity contribution is 8.00. The van der Waals surface area contributed by atoms with E-state index in [9.17, 15) is 14.4 Å². The van der Waals surface area contributed by atoms with Crippen molar-refractivity contribution >= 4 is 41.2 Å². The summed E-state index contributed by atoms with van der Waals surface area (Å²) < 4.78 is 5.66. The van der Waals surface area contributed by atoms with Gasteiger partial charge in [-0.2, -0.15) is 0 Å². The fourth-order valence-electron chi connectivity index (χ4n) is 3.00. The largest absolute Gasteiger partial charge is 0.493 e. The van der Waals surface area contributed by atoms with Gasteiger partial charge in [0.25, 0.3) is 11.8 Å².